The summed E-state index contributed by atoms with van der Waals surface area (Å²) in [5.74, 6) is 0.336. The highest BCUT2D eigenvalue weighted by Gasteiger charge is 2.56. The third-order valence-electron chi connectivity index (χ3n) is 8.15. The number of nitrogens with one attached hydrogen (secondary N) is 1. The zero-order valence-electron chi connectivity index (χ0n) is 20.0. The molecule has 0 spiro atoms. The first-order chi connectivity index (χ1) is 15.3. The van der Waals surface area contributed by atoms with E-state index >= 15 is 0 Å². The molecule has 0 radical (unpaired) electrons. The second kappa shape index (κ2) is 9.36. The first-order valence-electron chi connectivity index (χ1n) is 12.1. The number of ether oxygens (including phenoxy) is 1. The molecule has 2 heterocycles. The zero-order valence-corrected chi connectivity index (χ0v) is 20.0. The number of carbonyl (C=O) groups excluding carboxylic acids is 1. The molecule has 3 fully saturated rings. The molecule has 3 unspecified atom stereocenters. The van der Waals surface area contributed by atoms with Crippen LogP contribution in [0.15, 0.2) is 60.7 Å². The quantitative estimate of drug-likeness (QED) is 0.595. The lowest BCUT2D eigenvalue weighted by atomic mass is 9.61. The summed E-state index contributed by atoms with van der Waals surface area (Å²) >= 11 is 0. The summed E-state index contributed by atoms with van der Waals surface area (Å²) in [5, 5.41) is 3.16. The molecule has 1 N–H and O–H groups in total. The molecule has 2 aromatic carbocycles. The van der Waals surface area contributed by atoms with Gasteiger partial charge in [-0.15, -0.1) is 0 Å². The predicted octanol–water partition coefficient (Wildman–Crippen LogP) is 4.99. The van der Waals surface area contributed by atoms with E-state index in [1.54, 1.807) is 0 Å². The van der Waals surface area contributed by atoms with Gasteiger partial charge in [-0.2, -0.15) is 0 Å². The van der Waals surface area contributed by atoms with Crippen LogP contribution >= 0.6 is 0 Å². The standard InChI is InChI=1S/C28H38N2O2/c1-27(2)23-16-17-28(3,30(27)4)20-24(23)32-19-11-18-29-26(31)25(21-12-7-5-8-13-21)22-14-9-6-10-15-22/h5-10,12-15,23-25H,11,16-20H2,1-4H3,(H,29,31). The van der Waals surface area contributed by atoms with Gasteiger partial charge in [-0.05, 0) is 64.6 Å². The summed E-state index contributed by atoms with van der Waals surface area (Å²) in [5.41, 5.74) is 2.44. The van der Waals surface area contributed by atoms with E-state index in [4.69, 9.17) is 4.74 Å². The van der Waals surface area contributed by atoms with Crippen LogP contribution in [0.3, 0.4) is 0 Å². The summed E-state index contributed by atoms with van der Waals surface area (Å²) in [7, 11) is 2.27. The molecule has 3 atom stereocenters. The normalized spacial score (nSPS) is 26.9. The summed E-state index contributed by atoms with van der Waals surface area (Å²) in [4.78, 5) is 15.7. The molecule has 2 bridgehead atoms. The van der Waals surface area contributed by atoms with Crippen molar-refractivity contribution in [3.63, 3.8) is 0 Å². The maximum Gasteiger partial charge on any atom is 0.232 e. The molecule has 1 saturated carbocycles. The van der Waals surface area contributed by atoms with Crippen molar-refractivity contribution in [2.24, 2.45) is 5.92 Å². The molecule has 4 nitrogen and oxygen atoms in total. The number of rotatable bonds is 8. The number of benzene rings is 2. The largest absolute Gasteiger partial charge is 0.378 e. The van der Waals surface area contributed by atoms with E-state index in [1.807, 2.05) is 60.7 Å². The molecule has 4 heteroatoms. The Balaban J connectivity index is 1.30. The topological polar surface area (TPSA) is 41.6 Å². The van der Waals surface area contributed by atoms with E-state index in [1.165, 1.54) is 12.8 Å². The third-order valence-corrected chi connectivity index (χ3v) is 8.15. The first-order valence-corrected chi connectivity index (χ1v) is 12.1. The van der Waals surface area contributed by atoms with Crippen LogP contribution in [0, 0.1) is 5.92 Å². The Morgan fingerprint density at radius 1 is 1.06 bits per heavy atom. The summed E-state index contributed by atoms with van der Waals surface area (Å²) in [6.45, 7) is 8.43. The second-order valence-corrected chi connectivity index (χ2v) is 10.4. The molecule has 1 aliphatic carbocycles. The molecule has 2 aromatic rings. The molecule has 172 valence electrons. The lowest BCUT2D eigenvalue weighted by Crippen LogP contribution is -2.70. The molecule has 3 aliphatic rings. The van der Waals surface area contributed by atoms with Gasteiger partial charge in [-0.1, -0.05) is 60.7 Å². The van der Waals surface area contributed by atoms with Crippen LogP contribution in [0.2, 0.25) is 0 Å². The Kier molecular flexibility index (Phi) is 6.73. The van der Waals surface area contributed by atoms with E-state index in [9.17, 15) is 4.79 Å². The van der Waals surface area contributed by atoms with Crippen molar-refractivity contribution < 1.29 is 9.53 Å². The Morgan fingerprint density at radius 2 is 1.66 bits per heavy atom. The Bertz CT molecular complexity index is 854. The van der Waals surface area contributed by atoms with Crippen molar-refractivity contribution in [1.82, 2.24) is 10.2 Å². The van der Waals surface area contributed by atoms with Crippen molar-refractivity contribution in [3.05, 3.63) is 71.8 Å². The molecule has 0 aromatic heterocycles. The summed E-state index contributed by atoms with van der Waals surface area (Å²) < 4.78 is 6.40. The fourth-order valence-electron chi connectivity index (χ4n) is 5.97. The van der Waals surface area contributed by atoms with Gasteiger partial charge in [0.2, 0.25) is 5.91 Å². The van der Waals surface area contributed by atoms with Gasteiger partial charge in [0.05, 0.1) is 12.0 Å². The van der Waals surface area contributed by atoms with Crippen LogP contribution in [0.1, 0.15) is 63.5 Å². The maximum absolute atomic E-state index is 13.1. The molecule has 2 saturated heterocycles. The number of amides is 1. The fraction of sp³-hybridized carbons (Fsp3) is 0.536. The average Bonchev–Trinajstić information content (AvgIpc) is 2.79. The minimum Gasteiger partial charge on any atom is -0.378 e. The van der Waals surface area contributed by atoms with Crippen LogP contribution in [0.4, 0.5) is 0 Å². The van der Waals surface area contributed by atoms with Crippen molar-refractivity contribution >= 4 is 5.91 Å². The molecular formula is C28H38N2O2. The van der Waals surface area contributed by atoms with Gasteiger partial charge in [-0.25, -0.2) is 0 Å². The van der Waals surface area contributed by atoms with Crippen LogP contribution < -0.4 is 5.32 Å². The summed E-state index contributed by atoms with van der Waals surface area (Å²) in [6.07, 6.45) is 4.75. The maximum atomic E-state index is 13.1. The van der Waals surface area contributed by atoms with Crippen molar-refractivity contribution in [2.75, 3.05) is 20.2 Å². The molecular weight excluding hydrogens is 396 g/mol. The molecule has 1 amide bonds. The second-order valence-electron chi connectivity index (χ2n) is 10.4. The fourth-order valence-corrected chi connectivity index (χ4v) is 5.97. The lowest BCUT2D eigenvalue weighted by molar-refractivity contribution is -0.178. The highest BCUT2D eigenvalue weighted by molar-refractivity contribution is 5.87. The van der Waals surface area contributed by atoms with E-state index in [-0.39, 0.29) is 22.9 Å². The SMILES string of the molecule is CN1C2(C)CCC(C(OCCCNC(=O)C(c3ccccc3)c3ccccc3)C2)C1(C)C. The van der Waals surface area contributed by atoms with Crippen LogP contribution in [0.5, 0.6) is 0 Å². The Hall–Kier alpha value is -2.17. The van der Waals surface area contributed by atoms with Gasteiger partial charge in [0.25, 0.3) is 0 Å². The first kappa shape index (κ1) is 23.0. The van der Waals surface area contributed by atoms with Gasteiger partial charge in [0, 0.05) is 30.1 Å². The van der Waals surface area contributed by atoms with Gasteiger partial charge in [0.1, 0.15) is 0 Å². The minimum absolute atomic E-state index is 0.0504. The Labute approximate surface area is 193 Å². The monoisotopic (exact) mass is 434 g/mol. The van der Waals surface area contributed by atoms with E-state index < -0.39 is 0 Å². The number of carbonyl (C=O) groups is 1. The highest BCUT2D eigenvalue weighted by atomic mass is 16.5. The smallest absolute Gasteiger partial charge is 0.232 e. The van der Waals surface area contributed by atoms with E-state index in [0.29, 0.717) is 25.2 Å². The highest BCUT2D eigenvalue weighted by Crippen LogP contribution is 2.51. The van der Waals surface area contributed by atoms with Gasteiger partial charge >= 0.3 is 0 Å². The molecule has 32 heavy (non-hydrogen) atoms. The number of nitrogens with zero attached hydrogens (tertiary/aromatic N) is 1. The van der Waals surface area contributed by atoms with Gasteiger partial charge in [-0.3, -0.25) is 9.69 Å². The van der Waals surface area contributed by atoms with Crippen LogP contribution in [0.25, 0.3) is 0 Å². The molecule has 2 aliphatic heterocycles. The van der Waals surface area contributed by atoms with Crippen molar-refractivity contribution in [2.45, 2.75) is 69.6 Å². The minimum atomic E-state index is -0.288. The Morgan fingerprint density at radius 3 is 2.22 bits per heavy atom. The number of fused-ring (bicyclic) bond motifs is 3. The number of piperidine rings is 2. The number of hydrogen-bond acceptors (Lipinski definition) is 3. The van der Waals surface area contributed by atoms with Gasteiger partial charge in [0.15, 0.2) is 0 Å². The zero-order chi connectivity index (χ0) is 22.8. The average molecular weight is 435 g/mol. The number of hydrogen-bond donors (Lipinski definition) is 1. The van der Waals surface area contributed by atoms with Crippen LogP contribution in [-0.4, -0.2) is 48.2 Å². The van der Waals surface area contributed by atoms with E-state index in [2.05, 4.69) is 38.0 Å². The predicted molar refractivity (Wildman–Crippen MR) is 130 cm³/mol. The van der Waals surface area contributed by atoms with E-state index in [0.717, 1.165) is 24.0 Å². The summed E-state index contributed by atoms with van der Waals surface area (Å²) in [6, 6.07) is 20.0. The van der Waals surface area contributed by atoms with Crippen LogP contribution in [-0.2, 0) is 9.53 Å². The molecule has 5 rings (SSSR count). The van der Waals surface area contributed by atoms with Crippen molar-refractivity contribution in [1.29, 1.82) is 0 Å². The van der Waals surface area contributed by atoms with Gasteiger partial charge < -0.3 is 10.1 Å². The lowest BCUT2D eigenvalue weighted by Gasteiger charge is -2.63. The third kappa shape index (κ3) is 4.49. The van der Waals surface area contributed by atoms with Crippen molar-refractivity contribution in [3.8, 4) is 0 Å².